The molecule has 0 amide bonds. The van der Waals surface area contributed by atoms with Crippen molar-refractivity contribution in [3.05, 3.63) is 109 Å². The molecule has 0 saturated carbocycles. The average Bonchev–Trinajstić information content (AvgIpc) is 3.61. The summed E-state index contributed by atoms with van der Waals surface area (Å²) in [5.74, 6) is -0.796. The van der Waals surface area contributed by atoms with E-state index in [0.717, 1.165) is 89.9 Å². The fourth-order valence-corrected chi connectivity index (χ4v) is 10.2. The molecule has 0 bridgehead atoms. The highest BCUT2D eigenvalue weighted by Gasteiger charge is 2.27. The van der Waals surface area contributed by atoms with E-state index < -0.39 is 26.5 Å². The van der Waals surface area contributed by atoms with Gasteiger partial charge in [-0.2, -0.15) is 0 Å². The molecule has 0 aliphatic carbocycles. The molecule has 84 heavy (non-hydrogen) atoms. The van der Waals surface area contributed by atoms with E-state index in [2.05, 4.69) is 123 Å². The van der Waals surface area contributed by atoms with Crippen LogP contribution in [0, 0.1) is 0 Å². The summed E-state index contributed by atoms with van der Waals surface area (Å²) in [4.78, 5) is 35.9. The summed E-state index contributed by atoms with van der Waals surface area (Å²) >= 11 is 0. The molecule has 2 unspecified atom stereocenters. The average molecular weight is 1190 g/mol. The molecule has 2 atom stereocenters. The van der Waals surface area contributed by atoms with Crippen molar-refractivity contribution in [2.24, 2.45) is 0 Å². The zero-order valence-electron chi connectivity index (χ0n) is 55.1. The van der Waals surface area contributed by atoms with Gasteiger partial charge in [-0.05, 0) is 103 Å². The Kier molecular flexibility index (Phi) is 61.6. The Balaban J connectivity index is 4.07. The van der Waals surface area contributed by atoms with E-state index in [1.165, 1.54) is 173 Å². The standard InChI is InChI=1S/C74H130NO8P/c1-6-8-10-12-14-16-18-20-22-24-26-28-30-32-34-35-36-37-38-39-41-43-45-47-49-51-53-55-57-59-61-63-65-67-74(77)83-72(71-82-84(78,79)81-69-68-75(3,4)5)70-80-73(76)66-64-62-60-58-56-54-52-50-48-46-44-42-40-33-31-29-27-25-23-21-19-17-15-13-11-9-7-2/h8,10,14,16,19-22,25-28,31-34,36-37,72H,6-7,9,11-13,15,17-18,23-24,29-30,35,38-71H2,1-5H3/p+1/b10-8-,16-14-,21-19-,22-20-,27-25-,28-26-,33-31-,34-32-,37-36-. The maximum Gasteiger partial charge on any atom is 0.472 e. The van der Waals surface area contributed by atoms with Gasteiger partial charge >= 0.3 is 19.8 Å². The second-order valence-corrected chi connectivity index (χ2v) is 25.6. The highest BCUT2D eigenvalue weighted by atomic mass is 31.2. The normalized spacial score (nSPS) is 13.8. The predicted molar refractivity (Wildman–Crippen MR) is 362 cm³/mol. The smallest absolute Gasteiger partial charge is 0.462 e. The van der Waals surface area contributed by atoms with Gasteiger partial charge in [0.1, 0.15) is 19.8 Å². The number of nitrogens with zero attached hydrogens (tertiary/aromatic N) is 1. The highest BCUT2D eigenvalue weighted by Crippen LogP contribution is 2.43. The maximum atomic E-state index is 12.9. The van der Waals surface area contributed by atoms with Crippen molar-refractivity contribution in [3.63, 3.8) is 0 Å². The molecule has 0 aliphatic heterocycles. The first kappa shape index (κ1) is 80.7. The number of hydrogen-bond acceptors (Lipinski definition) is 7. The van der Waals surface area contributed by atoms with Crippen LogP contribution in [0.25, 0.3) is 0 Å². The molecule has 1 N–H and O–H groups in total. The molecular weight excluding hydrogens is 1060 g/mol. The molecular formula is C74H131NO8P+. The number of unbranched alkanes of at least 4 members (excludes halogenated alkanes) is 31. The van der Waals surface area contributed by atoms with Gasteiger partial charge in [0.2, 0.25) is 0 Å². The predicted octanol–water partition coefficient (Wildman–Crippen LogP) is 22.5. The van der Waals surface area contributed by atoms with Crippen LogP contribution in [0.1, 0.15) is 296 Å². The lowest BCUT2D eigenvalue weighted by Gasteiger charge is -2.24. The molecule has 0 fully saturated rings. The number of carbonyl (C=O) groups excluding carboxylic acids is 2. The van der Waals surface area contributed by atoms with Gasteiger partial charge in [0, 0.05) is 12.8 Å². The number of quaternary nitrogens is 1. The van der Waals surface area contributed by atoms with Gasteiger partial charge < -0.3 is 18.9 Å². The molecule has 9 nitrogen and oxygen atoms in total. The molecule has 0 aliphatic rings. The Bertz CT molecular complexity index is 1790. The molecule has 0 aromatic rings. The van der Waals surface area contributed by atoms with Crippen molar-refractivity contribution in [2.75, 3.05) is 47.5 Å². The van der Waals surface area contributed by atoms with Gasteiger partial charge in [0.25, 0.3) is 0 Å². The van der Waals surface area contributed by atoms with E-state index in [1.807, 2.05) is 21.1 Å². The van der Waals surface area contributed by atoms with Crippen LogP contribution in [-0.4, -0.2) is 74.9 Å². The molecule has 10 heteroatoms. The summed E-state index contributed by atoms with van der Waals surface area (Å²) in [7, 11) is 1.47. The van der Waals surface area contributed by atoms with Gasteiger partial charge in [-0.3, -0.25) is 18.6 Å². The number of ether oxygens (including phenoxy) is 2. The number of esters is 2. The Labute approximate surface area is 518 Å². The fourth-order valence-electron chi connectivity index (χ4n) is 9.50. The first-order chi connectivity index (χ1) is 41.0. The number of phosphoric ester groups is 1. The molecule has 484 valence electrons. The van der Waals surface area contributed by atoms with Crippen molar-refractivity contribution in [1.29, 1.82) is 0 Å². The first-order valence-electron chi connectivity index (χ1n) is 34.6. The summed E-state index contributed by atoms with van der Waals surface area (Å²) < 4.78 is 34.7. The summed E-state index contributed by atoms with van der Waals surface area (Å²) in [6, 6.07) is 0. The van der Waals surface area contributed by atoms with Gasteiger partial charge in [-0.25, -0.2) is 4.57 Å². The summed E-state index contributed by atoms with van der Waals surface area (Å²) in [5, 5.41) is 0. The van der Waals surface area contributed by atoms with Gasteiger partial charge in [-0.1, -0.05) is 290 Å². The van der Waals surface area contributed by atoms with Crippen LogP contribution in [0.3, 0.4) is 0 Å². The number of allylic oxidation sites excluding steroid dienone is 18. The van der Waals surface area contributed by atoms with Crippen molar-refractivity contribution in [3.8, 4) is 0 Å². The molecule has 0 radical (unpaired) electrons. The van der Waals surface area contributed by atoms with E-state index in [9.17, 15) is 19.0 Å². The van der Waals surface area contributed by atoms with E-state index in [-0.39, 0.29) is 32.0 Å². The number of rotatable bonds is 63. The molecule has 0 saturated heterocycles. The van der Waals surface area contributed by atoms with Crippen LogP contribution in [0.2, 0.25) is 0 Å². The van der Waals surface area contributed by atoms with Crippen LogP contribution in [0.4, 0.5) is 0 Å². The van der Waals surface area contributed by atoms with Crippen LogP contribution < -0.4 is 0 Å². The Hall–Kier alpha value is -3.33. The zero-order valence-corrected chi connectivity index (χ0v) is 56.0. The first-order valence-corrected chi connectivity index (χ1v) is 36.1. The lowest BCUT2D eigenvalue weighted by atomic mass is 10.0. The summed E-state index contributed by atoms with van der Waals surface area (Å²) in [6.07, 6.45) is 90.4. The van der Waals surface area contributed by atoms with E-state index in [1.54, 1.807) is 0 Å². The van der Waals surface area contributed by atoms with Crippen LogP contribution >= 0.6 is 7.82 Å². The lowest BCUT2D eigenvalue weighted by Crippen LogP contribution is -2.37. The van der Waals surface area contributed by atoms with E-state index >= 15 is 0 Å². The molecule has 0 aromatic heterocycles. The third-order valence-electron chi connectivity index (χ3n) is 14.8. The number of phosphoric acid groups is 1. The Morgan fingerprint density at radius 1 is 0.381 bits per heavy atom. The van der Waals surface area contributed by atoms with E-state index in [4.69, 9.17) is 18.5 Å². The lowest BCUT2D eigenvalue weighted by molar-refractivity contribution is -0.870. The molecule has 0 rings (SSSR count). The van der Waals surface area contributed by atoms with Crippen LogP contribution in [-0.2, 0) is 32.7 Å². The van der Waals surface area contributed by atoms with Gasteiger partial charge in [0.15, 0.2) is 6.10 Å². The van der Waals surface area contributed by atoms with Crippen molar-refractivity contribution in [1.82, 2.24) is 0 Å². The topological polar surface area (TPSA) is 108 Å². The second-order valence-electron chi connectivity index (χ2n) is 24.2. The van der Waals surface area contributed by atoms with E-state index in [0.29, 0.717) is 17.4 Å². The molecule has 0 spiro atoms. The zero-order chi connectivity index (χ0) is 61.2. The number of hydrogen-bond donors (Lipinski definition) is 1. The Morgan fingerprint density at radius 2 is 0.679 bits per heavy atom. The third kappa shape index (κ3) is 67.8. The summed E-state index contributed by atoms with van der Waals surface area (Å²) in [6.45, 7) is 4.33. The minimum Gasteiger partial charge on any atom is -0.462 e. The van der Waals surface area contributed by atoms with Crippen molar-refractivity contribution < 1.29 is 42.1 Å². The molecule has 0 heterocycles. The number of carbonyl (C=O) groups is 2. The van der Waals surface area contributed by atoms with Crippen LogP contribution in [0.15, 0.2) is 109 Å². The monoisotopic (exact) mass is 1190 g/mol. The minimum atomic E-state index is -4.40. The third-order valence-corrected chi connectivity index (χ3v) is 15.8. The van der Waals surface area contributed by atoms with Crippen LogP contribution in [0.5, 0.6) is 0 Å². The summed E-state index contributed by atoms with van der Waals surface area (Å²) in [5.41, 5.74) is 0. The maximum absolute atomic E-state index is 12.9. The minimum absolute atomic E-state index is 0.0278. The van der Waals surface area contributed by atoms with Crippen molar-refractivity contribution in [2.45, 2.75) is 302 Å². The molecule has 0 aromatic carbocycles. The SMILES string of the molecule is CC/C=C\C/C=C\C/C=C\C/C=C\C/C=C\C/C=C\CCCCCCCCCCCCCCCCC(=O)OC(COC(=O)CCCCCCCCCCCCCC/C=C\C/C=C\C/C=C\CCCCCCC)COP(=O)(O)OCC[N+](C)(C)C. The Morgan fingerprint density at radius 3 is 1.01 bits per heavy atom. The largest absolute Gasteiger partial charge is 0.472 e. The second kappa shape index (κ2) is 64.2. The highest BCUT2D eigenvalue weighted by molar-refractivity contribution is 7.47. The van der Waals surface area contributed by atoms with Gasteiger partial charge in [-0.15, -0.1) is 0 Å². The number of likely N-dealkylation sites (N-methyl/N-ethyl adjacent to an activating group) is 1. The quantitative estimate of drug-likeness (QED) is 0.0211. The fraction of sp³-hybridized carbons (Fsp3) is 0.730. The van der Waals surface area contributed by atoms with Crippen molar-refractivity contribution >= 4 is 19.8 Å². The van der Waals surface area contributed by atoms with Gasteiger partial charge in [0.05, 0.1) is 27.7 Å².